The highest BCUT2D eigenvalue weighted by Crippen LogP contribution is 2.34. The van der Waals surface area contributed by atoms with Crippen LogP contribution < -0.4 is 5.73 Å². The van der Waals surface area contributed by atoms with Gasteiger partial charge in [0.2, 0.25) is 5.82 Å². The Morgan fingerprint density at radius 2 is 1.12 bits per heavy atom. The average Bonchev–Trinajstić information content (AvgIpc) is 2.80. The standard InChI is InChI=1S/C24H20F6N2S/c1-14(31)2-3-15-4-6-16(7-5-15)12-32(13-17-8-10-18(25)11-9-17)33-24-22(29)20(27)19(26)21(28)23(24)30/h4-11H,1-3,12-13,31H2. The molecule has 0 aliphatic rings. The molecule has 0 saturated carbocycles. The van der Waals surface area contributed by atoms with E-state index in [1.54, 1.807) is 12.1 Å². The number of halogens is 6. The van der Waals surface area contributed by atoms with Gasteiger partial charge in [-0.25, -0.2) is 30.6 Å². The molecule has 33 heavy (non-hydrogen) atoms. The normalized spacial score (nSPS) is 11.2. The van der Waals surface area contributed by atoms with Crippen LogP contribution >= 0.6 is 11.9 Å². The molecule has 0 saturated heterocycles. The van der Waals surface area contributed by atoms with E-state index in [1.807, 2.05) is 12.1 Å². The monoisotopic (exact) mass is 482 g/mol. The zero-order valence-electron chi connectivity index (χ0n) is 17.4. The minimum Gasteiger partial charge on any atom is -0.403 e. The molecule has 0 radical (unpaired) electrons. The molecule has 9 heteroatoms. The Hall–Kier alpha value is -2.91. The molecular formula is C24H20F6N2S. The molecule has 0 aliphatic carbocycles. The summed E-state index contributed by atoms with van der Waals surface area (Å²) in [6.45, 7) is 3.82. The summed E-state index contributed by atoms with van der Waals surface area (Å²) in [6, 6.07) is 12.7. The smallest absolute Gasteiger partial charge is 0.200 e. The SMILES string of the molecule is C=C(N)CCc1ccc(CN(Cc2ccc(F)cc2)Sc2c(F)c(F)c(F)c(F)c2F)cc1. The van der Waals surface area contributed by atoms with Gasteiger partial charge in [-0.3, -0.25) is 0 Å². The topological polar surface area (TPSA) is 29.3 Å². The first-order valence-electron chi connectivity index (χ1n) is 9.85. The summed E-state index contributed by atoms with van der Waals surface area (Å²) in [5, 5.41) is 0. The Labute approximate surface area is 191 Å². The highest BCUT2D eigenvalue weighted by Gasteiger charge is 2.27. The fraction of sp³-hybridized carbons (Fsp3) is 0.167. The van der Waals surface area contributed by atoms with Crippen molar-refractivity contribution < 1.29 is 26.3 Å². The van der Waals surface area contributed by atoms with Gasteiger partial charge in [0.25, 0.3) is 0 Å². The van der Waals surface area contributed by atoms with Crippen LogP contribution in [0, 0.1) is 34.9 Å². The summed E-state index contributed by atoms with van der Waals surface area (Å²) in [6.07, 6.45) is 1.31. The first-order chi connectivity index (χ1) is 15.7. The minimum atomic E-state index is -2.21. The number of rotatable bonds is 9. The van der Waals surface area contributed by atoms with Gasteiger partial charge in [0.1, 0.15) is 10.7 Å². The minimum absolute atomic E-state index is 0.0548. The zero-order chi connectivity index (χ0) is 24.1. The lowest BCUT2D eigenvalue weighted by Gasteiger charge is -2.22. The van der Waals surface area contributed by atoms with Crippen LogP contribution in [0.1, 0.15) is 23.1 Å². The Morgan fingerprint density at radius 1 is 0.697 bits per heavy atom. The molecule has 174 valence electrons. The number of aryl methyl sites for hydroxylation is 1. The van der Waals surface area contributed by atoms with Gasteiger partial charge in [0, 0.05) is 18.8 Å². The second kappa shape index (κ2) is 10.8. The predicted molar refractivity (Wildman–Crippen MR) is 116 cm³/mol. The average molecular weight is 482 g/mol. The summed E-state index contributed by atoms with van der Waals surface area (Å²) in [7, 11) is 0. The van der Waals surface area contributed by atoms with Gasteiger partial charge in [0.05, 0.1) is 0 Å². The zero-order valence-corrected chi connectivity index (χ0v) is 18.2. The molecular weight excluding hydrogens is 462 g/mol. The lowest BCUT2D eigenvalue weighted by molar-refractivity contribution is 0.358. The van der Waals surface area contributed by atoms with Crippen molar-refractivity contribution in [3.05, 3.63) is 112 Å². The van der Waals surface area contributed by atoms with Crippen molar-refractivity contribution in [3.8, 4) is 0 Å². The molecule has 0 aliphatic heterocycles. The van der Waals surface area contributed by atoms with Crippen molar-refractivity contribution in [2.45, 2.75) is 30.8 Å². The van der Waals surface area contributed by atoms with E-state index in [9.17, 15) is 26.3 Å². The first-order valence-corrected chi connectivity index (χ1v) is 10.6. The van der Waals surface area contributed by atoms with Crippen LogP contribution in [0.2, 0.25) is 0 Å². The number of allylic oxidation sites excluding steroid dienone is 1. The van der Waals surface area contributed by atoms with Gasteiger partial charge < -0.3 is 5.73 Å². The van der Waals surface area contributed by atoms with Crippen LogP contribution in [-0.2, 0) is 19.5 Å². The number of hydrogen-bond acceptors (Lipinski definition) is 3. The van der Waals surface area contributed by atoms with E-state index < -0.39 is 39.8 Å². The Balaban J connectivity index is 1.87. The van der Waals surface area contributed by atoms with E-state index in [4.69, 9.17) is 5.73 Å². The van der Waals surface area contributed by atoms with E-state index >= 15 is 0 Å². The van der Waals surface area contributed by atoms with Crippen LogP contribution in [0.15, 0.2) is 65.7 Å². The lowest BCUT2D eigenvalue weighted by Crippen LogP contribution is -2.17. The van der Waals surface area contributed by atoms with Crippen LogP contribution in [0.3, 0.4) is 0 Å². The number of nitrogens with zero attached hydrogens (tertiary/aromatic N) is 1. The largest absolute Gasteiger partial charge is 0.403 e. The third-order valence-electron chi connectivity index (χ3n) is 4.78. The van der Waals surface area contributed by atoms with Gasteiger partial charge in [-0.15, -0.1) is 0 Å². The van der Waals surface area contributed by atoms with E-state index in [2.05, 4.69) is 6.58 Å². The second-order valence-corrected chi connectivity index (χ2v) is 8.50. The molecule has 3 aromatic carbocycles. The number of nitrogens with two attached hydrogens (primary N) is 1. The third kappa shape index (κ3) is 6.33. The van der Waals surface area contributed by atoms with E-state index in [0.29, 0.717) is 36.1 Å². The molecule has 3 aromatic rings. The highest BCUT2D eigenvalue weighted by atomic mass is 32.2. The first kappa shape index (κ1) is 24.7. The summed E-state index contributed by atoms with van der Waals surface area (Å²) in [4.78, 5) is -1.01. The third-order valence-corrected chi connectivity index (χ3v) is 5.84. The van der Waals surface area contributed by atoms with Gasteiger partial charge >= 0.3 is 0 Å². The van der Waals surface area contributed by atoms with Crippen LogP contribution in [0.25, 0.3) is 0 Å². The van der Waals surface area contributed by atoms with E-state index in [0.717, 1.165) is 11.1 Å². The number of benzene rings is 3. The maximum Gasteiger partial charge on any atom is 0.200 e. The van der Waals surface area contributed by atoms with Gasteiger partial charge in [-0.1, -0.05) is 43.0 Å². The van der Waals surface area contributed by atoms with Crippen molar-refractivity contribution in [3.63, 3.8) is 0 Å². The molecule has 0 fully saturated rings. The fourth-order valence-corrected chi connectivity index (χ4v) is 4.05. The van der Waals surface area contributed by atoms with Crippen LogP contribution in [0.4, 0.5) is 26.3 Å². The Bertz CT molecular complexity index is 1100. The van der Waals surface area contributed by atoms with E-state index in [1.165, 1.54) is 28.6 Å². The van der Waals surface area contributed by atoms with Crippen LogP contribution in [0.5, 0.6) is 0 Å². The summed E-state index contributed by atoms with van der Waals surface area (Å²) in [5.41, 5.74) is 8.47. The molecule has 0 atom stereocenters. The molecule has 0 amide bonds. The van der Waals surface area contributed by atoms with Crippen molar-refractivity contribution in [2.75, 3.05) is 0 Å². The molecule has 2 nitrogen and oxygen atoms in total. The predicted octanol–water partition coefficient (Wildman–Crippen LogP) is 6.64. The molecule has 0 spiro atoms. The van der Waals surface area contributed by atoms with Gasteiger partial charge in [-0.05, 0) is 53.6 Å². The highest BCUT2D eigenvalue weighted by molar-refractivity contribution is 7.97. The molecule has 0 aromatic heterocycles. The summed E-state index contributed by atoms with van der Waals surface area (Å²) >= 11 is 0.406. The van der Waals surface area contributed by atoms with Gasteiger partial charge in [0.15, 0.2) is 23.3 Å². The quantitative estimate of drug-likeness (QED) is 0.161. The van der Waals surface area contributed by atoms with Crippen molar-refractivity contribution >= 4 is 11.9 Å². The van der Waals surface area contributed by atoms with Crippen molar-refractivity contribution in [2.24, 2.45) is 5.73 Å². The van der Waals surface area contributed by atoms with Crippen molar-refractivity contribution in [1.29, 1.82) is 0 Å². The van der Waals surface area contributed by atoms with E-state index in [-0.39, 0.29) is 13.1 Å². The van der Waals surface area contributed by atoms with Crippen molar-refractivity contribution in [1.82, 2.24) is 4.31 Å². The summed E-state index contributed by atoms with van der Waals surface area (Å²) < 4.78 is 84.0. The Morgan fingerprint density at radius 3 is 1.61 bits per heavy atom. The second-order valence-electron chi connectivity index (χ2n) is 7.39. The lowest BCUT2D eigenvalue weighted by atomic mass is 10.1. The molecule has 2 N–H and O–H groups in total. The Kier molecular flexibility index (Phi) is 8.10. The molecule has 0 heterocycles. The maximum atomic E-state index is 14.3. The number of hydrogen-bond donors (Lipinski definition) is 1. The fourth-order valence-electron chi connectivity index (χ4n) is 3.03. The van der Waals surface area contributed by atoms with Gasteiger partial charge in [-0.2, -0.15) is 0 Å². The molecule has 0 unspecified atom stereocenters. The van der Waals surface area contributed by atoms with Crippen LogP contribution in [-0.4, -0.2) is 4.31 Å². The molecule has 3 rings (SSSR count). The summed E-state index contributed by atoms with van der Waals surface area (Å²) in [5.74, 6) is -10.5. The molecule has 0 bridgehead atoms. The maximum absolute atomic E-state index is 14.3.